The molecule has 0 aliphatic rings. The van der Waals surface area contributed by atoms with Crippen LogP contribution in [0.25, 0.3) is 0 Å². The second-order valence-electron chi connectivity index (χ2n) is 4.79. The first-order valence-electron chi connectivity index (χ1n) is 6.57. The van der Waals surface area contributed by atoms with E-state index < -0.39 is 18.0 Å². The van der Waals surface area contributed by atoms with Crippen LogP contribution in [0.2, 0.25) is 0 Å². The van der Waals surface area contributed by atoms with Crippen LogP contribution in [0.15, 0.2) is 48.5 Å². The lowest BCUT2D eigenvalue weighted by molar-refractivity contribution is -0.255. The molecular formula is C17H15O4-. The number of rotatable bonds is 4. The summed E-state index contributed by atoms with van der Waals surface area (Å²) in [4.78, 5) is 23.1. The summed E-state index contributed by atoms with van der Waals surface area (Å²) in [6.07, 6.45) is -0.465. The zero-order valence-corrected chi connectivity index (χ0v) is 11.8. The summed E-state index contributed by atoms with van der Waals surface area (Å²) in [7, 11) is 0. The van der Waals surface area contributed by atoms with Crippen molar-refractivity contribution in [2.24, 2.45) is 0 Å². The van der Waals surface area contributed by atoms with Crippen LogP contribution in [0.4, 0.5) is 0 Å². The lowest BCUT2D eigenvalue weighted by atomic mass is 10.1. The van der Waals surface area contributed by atoms with Crippen LogP contribution in [0, 0.1) is 6.92 Å². The van der Waals surface area contributed by atoms with E-state index in [9.17, 15) is 14.7 Å². The van der Waals surface area contributed by atoms with Gasteiger partial charge in [-0.1, -0.05) is 48.0 Å². The first-order chi connectivity index (χ1) is 9.99. The number of esters is 1. The van der Waals surface area contributed by atoms with E-state index in [-0.39, 0.29) is 11.1 Å². The van der Waals surface area contributed by atoms with Crippen molar-refractivity contribution in [3.05, 3.63) is 70.8 Å². The van der Waals surface area contributed by atoms with E-state index in [1.54, 1.807) is 13.0 Å². The Morgan fingerprint density at radius 1 is 1.00 bits per heavy atom. The predicted octanol–water partition coefficient (Wildman–Crippen LogP) is 2.28. The minimum atomic E-state index is -1.40. The molecule has 0 saturated heterocycles. The fraction of sp³-hybridized carbons (Fsp3) is 0.176. The van der Waals surface area contributed by atoms with Crippen LogP contribution in [0.1, 0.15) is 44.9 Å². The molecule has 108 valence electrons. The lowest BCUT2D eigenvalue weighted by Gasteiger charge is -2.15. The van der Waals surface area contributed by atoms with Crippen LogP contribution < -0.4 is 5.11 Å². The zero-order valence-electron chi connectivity index (χ0n) is 11.8. The molecule has 0 aliphatic heterocycles. The third-order valence-electron chi connectivity index (χ3n) is 3.20. The van der Waals surface area contributed by atoms with Crippen molar-refractivity contribution in [3.8, 4) is 0 Å². The maximum Gasteiger partial charge on any atom is 0.339 e. The maximum atomic E-state index is 12.1. The number of aromatic carboxylic acids is 1. The van der Waals surface area contributed by atoms with Crippen LogP contribution in [-0.4, -0.2) is 11.9 Å². The highest BCUT2D eigenvalue weighted by Crippen LogP contribution is 2.20. The summed E-state index contributed by atoms with van der Waals surface area (Å²) < 4.78 is 5.32. The molecule has 2 aromatic rings. The van der Waals surface area contributed by atoms with Gasteiger partial charge in [0.15, 0.2) is 0 Å². The third-order valence-corrected chi connectivity index (χ3v) is 3.20. The summed E-state index contributed by atoms with van der Waals surface area (Å²) >= 11 is 0. The molecule has 1 unspecified atom stereocenters. The van der Waals surface area contributed by atoms with Gasteiger partial charge in [-0.15, -0.1) is 0 Å². The van der Waals surface area contributed by atoms with E-state index in [0.717, 1.165) is 11.1 Å². The first kappa shape index (κ1) is 14.8. The van der Waals surface area contributed by atoms with Crippen molar-refractivity contribution in [2.75, 3.05) is 0 Å². The third kappa shape index (κ3) is 3.48. The maximum absolute atomic E-state index is 12.1. The minimum absolute atomic E-state index is 0.00328. The van der Waals surface area contributed by atoms with E-state index in [2.05, 4.69) is 0 Å². The Kier molecular flexibility index (Phi) is 4.38. The molecule has 4 heteroatoms. The number of benzene rings is 2. The minimum Gasteiger partial charge on any atom is -0.545 e. The number of carboxylic acid groups (broad SMARTS) is 1. The van der Waals surface area contributed by atoms with Gasteiger partial charge in [-0.3, -0.25) is 0 Å². The Balaban J connectivity index is 2.18. The summed E-state index contributed by atoms with van der Waals surface area (Å²) in [5, 5.41) is 11.0. The molecule has 2 aromatic carbocycles. The second-order valence-corrected chi connectivity index (χ2v) is 4.79. The van der Waals surface area contributed by atoms with Gasteiger partial charge < -0.3 is 14.6 Å². The topological polar surface area (TPSA) is 66.4 Å². The molecule has 0 aromatic heterocycles. The first-order valence-corrected chi connectivity index (χ1v) is 6.57. The number of carbonyl (C=O) groups is 2. The molecule has 0 amide bonds. The van der Waals surface area contributed by atoms with Crippen molar-refractivity contribution in [2.45, 2.75) is 20.0 Å². The molecule has 0 heterocycles. The Bertz CT molecular complexity index is 659. The van der Waals surface area contributed by atoms with Gasteiger partial charge in [0, 0.05) is 5.56 Å². The molecular weight excluding hydrogens is 268 g/mol. The van der Waals surface area contributed by atoms with Gasteiger partial charge in [0.25, 0.3) is 0 Å². The average molecular weight is 283 g/mol. The molecule has 21 heavy (non-hydrogen) atoms. The number of hydrogen-bond acceptors (Lipinski definition) is 4. The highest BCUT2D eigenvalue weighted by Gasteiger charge is 2.17. The van der Waals surface area contributed by atoms with E-state index in [0.29, 0.717) is 0 Å². The van der Waals surface area contributed by atoms with E-state index in [4.69, 9.17) is 4.74 Å². The number of carbonyl (C=O) groups excluding carboxylic acids is 2. The lowest BCUT2D eigenvalue weighted by Crippen LogP contribution is -2.25. The van der Waals surface area contributed by atoms with Gasteiger partial charge in [-0.25, -0.2) is 4.79 Å². The van der Waals surface area contributed by atoms with E-state index in [1.807, 2.05) is 31.2 Å². The summed E-state index contributed by atoms with van der Waals surface area (Å²) in [5.41, 5.74) is 1.79. The predicted molar refractivity (Wildman–Crippen MR) is 75.8 cm³/mol. The Labute approximate surface area is 123 Å². The number of ether oxygens (including phenoxy) is 1. The van der Waals surface area contributed by atoms with Crippen molar-refractivity contribution in [1.29, 1.82) is 0 Å². The number of carboxylic acids is 1. The second kappa shape index (κ2) is 6.22. The molecule has 0 fully saturated rings. The zero-order chi connectivity index (χ0) is 15.4. The smallest absolute Gasteiger partial charge is 0.339 e. The molecule has 1 atom stereocenters. The number of aryl methyl sites for hydroxylation is 1. The highest BCUT2D eigenvalue weighted by molar-refractivity contribution is 6.01. The molecule has 0 saturated carbocycles. The SMILES string of the molecule is Cc1ccc(C(C)OC(=O)c2ccccc2C(=O)[O-])cc1. The fourth-order valence-electron chi connectivity index (χ4n) is 1.97. The van der Waals surface area contributed by atoms with Gasteiger partial charge in [0.05, 0.1) is 11.5 Å². The molecule has 0 N–H and O–H groups in total. The van der Waals surface area contributed by atoms with Crippen LogP contribution in [0.5, 0.6) is 0 Å². The molecule has 0 spiro atoms. The summed E-state index contributed by atoms with van der Waals surface area (Å²) in [6.45, 7) is 3.71. The monoisotopic (exact) mass is 283 g/mol. The molecule has 0 radical (unpaired) electrons. The van der Waals surface area contributed by atoms with Gasteiger partial charge in [0.2, 0.25) is 0 Å². The van der Waals surface area contributed by atoms with Gasteiger partial charge in [0.1, 0.15) is 6.10 Å². The Hall–Kier alpha value is -2.62. The normalized spacial score (nSPS) is 11.7. The van der Waals surface area contributed by atoms with Crippen LogP contribution in [-0.2, 0) is 4.74 Å². The van der Waals surface area contributed by atoms with Gasteiger partial charge in [-0.2, -0.15) is 0 Å². The van der Waals surface area contributed by atoms with Gasteiger partial charge in [-0.05, 0) is 25.5 Å². The standard InChI is InChI=1S/C17H16O4/c1-11-7-9-13(10-8-11)12(2)21-17(20)15-6-4-3-5-14(15)16(18)19/h3-10,12H,1-2H3,(H,18,19)/p-1. The summed E-state index contributed by atoms with van der Waals surface area (Å²) in [5.74, 6) is -2.08. The van der Waals surface area contributed by atoms with Crippen LogP contribution >= 0.6 is 0 Å². The fourth-order valence-corrected chi connectivity index (χ4v) is 1.97. The highest BCUT2D eigenvalue weighted by atomic mass is 16.5. The molecule has 0 aliphatic carbocycles. The molecule has 0 bridgehead atoms. The van der Waals surface area contributed by atoms with Crippen molar-refractivity contribution >= 4 is 11.9 Å². The van der Waals surface area contributed by atoms with Crippen LogP contribution in [0.3, 0.4) is 0 Å². The Morgan fingerprint density at radius 3 is 2.14 bits per heavy atom. The molecule has 2 rings (SSSR count). The Morgan fingerprint density at radius 2 is 1.57 bits per heavy atom. The summed E-state index contributed by atoms with van der Waals surface area (Å²) in [6, 6.07) is 13.4. The van der Waals surface area contributed by atoms with Gasteiger partial charge >= 0.3 is 5.97 Å². The molecule has 4 nitrogen and oxygen atoms in total. The van der Waals surface area contributed by atoms with Crippen molar-refractivity contribution in [3.63, 3.8) is 0 Å². The largest absolute Gasteiger partial charge is 0.545 e. The van der Waals surface area contributed by atoms with Crippen molar-refractivity contribution < 1.29 is 19.4 Å². The van der Waals surface area contributed by atoms with Crippen molar-refractivity contribution in [1.82, 2.24) is 0 Å². The quantitative estimate of drug-likeness (QED) is 0.807. The number of hydrogen-bond donors (Lipinski definition) is 0. The average Bonchev–Trinajstić information content (AvgIpc) is 2.47. The van der Waals surface area contributed by atoms with E-state index >= 15 is 0 Å². The van der Waals surface area contributed by atoms with E-state index in [1.165, 1.54) is 18.2 Å².